The molecule has 0 aromatic heterocycles. The Bertz CT molecular complexity index is 1170. The van der Waals surface area contributed by atoms with Crippen molar-refractivity contribution in [2.75, 3.05) is 13.1 Å². The van der Waals surface area contributed by atoms with E-state index in [4.69, 9.17) is 4.74 Å². The normalized spacial score (nSPS) is 18.7. The average molecular weight is 528 g/mol. The van der Waals surface area contributed by atoms with Gasteiger partial charge in [-0.3, -0.25) is 4.90 Å². The Balaban J connectivity index is 1.42. The predicted molar refractivity (Wildman–Crippen MR) is 123 cm³/mol. The molecule has 2 aliphatic rings. The molecule has 1 heterocycles. The average Bonchev–Trinajstić information content (AvgIpc) is 3.62. The number of halogens is 6. The van der Waals surface area contributed by atoms with E-state index >= 15 is 0 Å². The number of benzene rings is 2. The molecule has 2 fully saturated rings. The van der Waals surface area contributed by atoms with Gasteiger partial charge in [0, 0.05) is 25.6 Å². The van der Waals surface area contributed by atoms with Gasteiger partial charge in [-0.25, -0.2) is 4.79 Å². The van der Waals surface area contributed by atoms with Gasteiger partial charge in [-0.2, -0.15) is 26.3 Å². The first kappa shape index (κ1) is 27.2. The van der Waals surface area contributed by atoms with Crippen LogP contribution in [-0.2, 0) is 21.9 Å². The molecule has 1 saturated heterocycles. The van der Waals surface area contributed by atoms with Crippen molar-refractivity contribution in [3.8, 4) is 0 Å². The third-order valence-corrected chi connectivity index (χ3v) is 7.08. The molecule has 0 amide bonds. The highest BCUT2D eigenvalue weighted by Crippen LogP contribution is 2.45. The van der Waals surface area contributed by atoms with E-state index in [0.717, 1.165) is 18.4 Å². The molecule has 0 radical (unpaired) electrons. The van der Waals surface area contributed by atoms with E-state index in [-0.39, 0.29) is 24.8 Å². The van der Waals surface area contributed by atoms with Crippen molar-refractivity contribution in [2.45, 2.75) is 63.5 Å². The van der Waals surface area contributed by atoms with Crippen LogP contribution in [0.3, 0.4) is 0 Å². The van der Waals surface area contributed by atoms with Gasteiger partial charge in [-0.05, 0) is 80.0 Å². The maximum Gasteiger partial charge on any atom is 0.416 e. The second kappa shape index (κ2) is 10.1. The van der Waals surface area contributed by atoms with Gasteiger partial charge in [0.25, 0.3) is 0 Å². The number of nitrogens with zero attached hydrogens (tertiary/aromatic N) is 1. The summed E-state index contributed by atoms with van der Waals surface area (Å²) in [6.45, 7) is 3.12. The molecule has 4 nitrogen and oxygen atoms in total. The Labute approximate surface area is 210 Å². The number of hydrogen-bond donors (Lipinski definition) is 0. The number of likely N-dealkylation sites (tertiary alicyclic amines) is 1. The Hall–Kier alpha value is -2.88. The summed E-state index contributed by atoms with van der Waals surface area (Å²) in [5.41, 5.74) is -1.55. The van der Waals surface area contributed by atoms with Gasteiger partial charge < -0.3 is 9.53 Å². The fraction of sp³-hybridized carbons (Fsp3) is 0.481. The van der Waals surface area contributed by atoms with Crippen LogP contribution < -0.4 is 0 Å². The van der Waals surface area contributed by atoms with Gasteiger partial charge in [-0.15, -0.1) is 0 Å². The van der Waals surface area contributed by atoms with E-state index in [2.05, 4.69) is 0 Å². The summed E-state index contributed by atoms with van der Waals surface area (Å²) in [7, 11) is 0. The highest BCUT2D eigenvalue weighted by molar-refractivity contribution is 5.90. The fourth-order valence-corrected chi connectivity index (χ4v) is 4.88. The SMILES string of the molecule is CC(=O)C[C@H](c1cccc(C(=O)OC2CN(C(C)c3cc(C(F)(F)F)ccc3C(F)(F)F)C2)c1)C1CC1. The number of hydrogen-bond acceptors (Lipinski definition) is 4. The zero-order valence-corrected chi connectivity index (χ0v) is 20.3. The molecule has 4 rings (SSSR count). The van der Waals surface area contributed by atoms with E-state index in [9.17, 15) is 35.9 Å². The second-order valence-electron chi connectivity index (χ2n) is 9.93. The van der Waals surface area contributed by atoms with Crippen LogP contribution in [0.25, 0.3) is 0 Å². The maximum atomic E-state index is 13.5. The Morgan fingerprint density at radius 3 is 2.24 bits per heavy atom. The van der Waals surface area contributed by atoms with Crippen LogP contribution in [0.1, 0.15) is 77.7 Å². The molecule has 0 spiro atoms. The summed E-state index contributed by atoms with van der Waals surface area (Å²) in [6.07, 6.45) is -7.72. The first-order valence-corrected chi connectivity index (χ1v) is 12.1. The van der Waals surface area contributed by atoms with E-state index < -0.39 is 47.2 Å². The van der Waals surface area contributed by atoms with Gasteiger partial charge >= 0.3 is 18.3 Å². The summed E-state index contributed by atoms with van der Waals surface area (Å²) >= 11 is 0. The summed E-state index contributed by atoms with van der Waals surface area (Å²) in [5, 5.41) is 0. The quantitative estimate of drug-likeness (QED) is 0.280. The number of Topliss-reactive ketones (excluding diaryl/α,β-unsaturated/α-hetero) is 1. The van der Waals surface area contributed by atoms with E-state index in [1.807, 2.05) is 6.07 Å². The zero-order chi connectivity index (χ0) is 27.1. The molecule has 2 aromatic rings. The molecule has 1 aliphatic carbocycles. The highest BCUT2D eigenvalue weighted by Gasteiger charge is 2.41. The Kier molecular flexibility index (Phi) is 7.43. The van der Waals surface area contributed by atoms with Crippen LogP contribution in [0.15, 0.2) is 42.5 Å². The molecule has 1 aliphatic heterocycles. The Morgan fingerprint density at radius 1 is 1.00 bits per heavy atom. The molecule has 0 bridgehead atoms. The molecule has 1 unspecified atom stereocenters. The van der Waals surface area contributed by atoms with E-state index in [1.54, 1.807) is 18.2 Å². The fourth-order valence-electron chi connectivity index (χ4n) is 4.88. The van der Waals surface area contributed by atoms with Crippen molar-refractivity contribution in [3.63, 3.8) is 0 Å². The first-order chi connectivity index (χ1) is 17.2. The lowest BCUT2D eigenvalue weighted by atomic mass is 9.88. The molecular formula is C27H27F6NO3. The lowest BCUT2D eigenvalue weighted by Crippen LogP contribution is -2.53. The summed E-state index contributed by atoms with van der Waals surface area (Å²) < 4.78 is 85.4. The van der Waals surface area contributed by atoms with Crippen molar-refractivity contribution in [2.24, 2.45) is 5.92 Å². The molecule has 200 valence electrons. The summed E-state index contributed by atoms with van der Waals surface area (Å²) in [6, 6.07) is 7.37. The lowest BCUT2D eigenvalue weighted by molar-refractivity contribution is -0.142. The summed E-state index contributed by atoms with van der Waals surface area (Å²) in [4.78, 5) is 26.0. The third-order valence-electron chi connectivity index (χ3n) is 7.08. The van der Waals surface area contributed by atoms with Gasteiger partial charge in [0.2, 0.25) is 0 Å². The topological polar surface area (TPSA) is 46.6 Å². The molecule has 1 saturated carbocycles. The smallest absolute Gasteiger partial charge is 0.416 e. The van der Waals surface area contributed by atoms with Crippen LogP contribution >= 0.6 is 0 Å². The molecule has 2 aromatic carbocycles. The minimum Gasteiger partial charge on any atom is -0.456 e. The summed E-state index contributed by atoms with van der Waals surface area (Å²) in [5.74, 6) is -0.0653. The van der Waals surface area contributed by atoms with Gasteiger partial charge in [-0.1, -0.05) is 12.1 Å². The molecule has 10 heteroatoms. The number of carbonyl (C=O) groups excluding carboxylic acids is 2. The van der Waals surface area contributed by atoms with Crippen molar-refractivity contribution >= 4 is 11.8 Å². The van der Waals surface area contributed by atoms with Crippen molar-refractivity contribution < 1.29 is 40.7 Å². The highest BCUT2D eigenvalue weighted by atomic mass is 19.4. The van der Waals surface area contributed by atoms with Gasteiger partial charge in [0.15, 0.2) is 0 Å². The minimum atomic E-state index is -4.81. The molecular weight excluding hydrogens is 500 g/mol. The van der Waals surface area contributed by atoms with Crippen molar-refractivity contribution in [1.29, 1.82) is 0 Å². The number of alkyl halides is 6. The number of rotatable bonds is 8. The zero-order valence-electron chi connectivity index (χ0n) is 20.3. The Morgan fingerprint density at radius 2 is 1.68 bits per heavy atom. The number of ether oxygens (including phenoxy) is 1. The van der Waals surface area contributed by atoms with Crippen LogP contribution in [0.4, 0.5) is 26.3 Å². The first-order valence-electron chi connectivity index (χ1n) is 12.1. The standard InChI is InChI=1S/C27H27F6NO3/c1-15(35)10-23(17-6-7-17)18-4-3-5-19(11-18)25(36)37-21-13-34(14-21)16(2)22-12-20(26(28,29)30)8-9-24(22)27(31,32)33/h3-5,8-9,11-12,16-17,21,23H,6-7,10,13-14H2,1-2H3/t16?,23-/m0/s1. The number of ketones is 1. The largest absolute Gasteiger partial charge is 0.456 e. The maximum absolute atomic E-state index is 13.5. The second-order valence-corrected chi connectivity index (χ2v) is 9.93. The number of carbonyl (C=O) groups is 2. The van der Waals surface area contributed by atoms with Crippen LogP contribution in [-0.4, -0.2) is 35.8 Å². The lowest BCUT2D eigenvalue weighted by Gasteiger charge is -2.43. The van der Waals surface area contributed by atoms with E-state index in [1.165, 1.54) is 18.7 Å². The van der Waals surface area contributed by atoms with Gasteiger partial charge in [0.05, 0.1) is 16.7 Å². The number of esters is 1. The van der Waals surface area contributed by atoms with Crippen LogP contribution in [0.2, 0.25) is 0 Å². The minimum absolute atomic E-state index is 0.0422. The van der Waals surface area contributed by atoms with Crippen molar-refractivity contribution in [3.05, 3.63) is 70.3 Å². The van der Waals surface area contributed by atoms with E-state index in [0.29, 0.717) is 36.1 Å². The molecule has 0 N–H and O–H groups in total. The van der Waals surface area contributed by atoms with Gasteiger partial charge in [0.1, 0.15) is 11.9 Å². The molecule has 2 atom stereocenters. The monoisotopic (exact) mass is 527 g/mol. The van der Waals surface area contributed by atoms with Crippen molar-refractivity contribution in [1.82, 2.24) is 4.90 Å². The predicted octanol–water partition coefficient (Wildman–Crippen LogP) is 6.80. The molecule has 37 heavy (non-hydrogen) atoms. The van der Waals surface area contributed by atoms with Crippen LogP contribution in [0, 0.1) is 5.92 Å². The van der Waals surface area contributed by atoms with Crippen LogP contribution in [0.5, 0.6) is 0 Å². The third kappa shape index (κ3) is 6.34.